The monoisotopic (exact) mass is 1040 g/mol. The summed E-state index contributed by atoms with van der Waals surface area (Å²) in [4.78, 5) is 28.7. The Morgan fingerprint density at radius 2 is 0.700 bits per heavy atom. The summed E-state index contributed by atoms with van der Waals surface area (Å²) in [5, 5.41) is 0. The maximum absolute atomic E-state index is 5.09. The summed E-state index contributed by atoms with van der Waals surface area (Å²) < 4.78 is 1.87. The second kappa shape index (κ2) is 19.3. The van der Waals surface area contributed by atoms with Crippen LogP contribution in [0.15, 0.2) is 204 Å². The molecule has 0 atom stereocenters. The van der Waals surface area contributed by atoms with Gasteiger partial charge >= 0.3 is 0 Å². The van der Waals surface area contributed by atoms with E-state index in [1.165, 1.54) is 11.1 Å². The number of rotatable bonds is 9. The first kappa shape index (κ1) is 46.5. The second-order valence-electron chi connectivity index (χ2n) is 19.5. The Bertz CT molecular complexity index is 3370. The fraction of sp³-hybridized carbons (Fsp3) is 0.129. The average molecular weight is 1040 g/mol. The molecule has 342 valence electrons. The van der Waals surface area contributed by atoms with Crippen molar-refractivity contribution in [2.45, 2.75) is 52.4 Å². The van der Waals surface area contributed by atoms with E-state index in [1.807, 2.05) is 43.0 Å². The van der Waals surface area contributed by atoms with Gasteiger partial charge in [-0.2, -0.15) is 0 Å². The van der Waals surface area contributed by atoms with Gasteiger partial charge in [0.25, 0.3) is 0 Å². The van der Waals surface area contributed by atoms with E-state index >= 15 is 0 Å². The van der Waals surface area contributed by atoms with Crippen molar-refractivity contribution >= 4 is 31.9 Å². The fourth-order valence-electron chi connectivity index (χ4n) is 8.88. The molecule has 0 radical (unpaired) electrons. The molecule has 0 aliphatic carbocycles. The summed E-state index contributed by atoms with van der Waals surface area (Å²) in [5.41, 5.74) is 19.4. The normalized spacial score (nSPS) is 11.7. The molecule has 10 rings (SSSR count). The highest BCUT2D eigenvalue weighted by atomic mass is 79.9. The fourth-order valence-corrected chi connectivity index (χ4v) is 10.0. The molecular weight excluding hydrogens is 989 g/mol. The van der Waals surface area contributed by atoms with Crippen LogP contribution in [-0.4, -0.2) is 29.9 Å². The Hall–Kier alpha value is -7.26. The van der Waals surface area contributed by atoms with Crippen molar-refractivity contribution in [1.29, 1.82) is 0 Å². The largest absolute Gasteiger partial charge is 0.256 e. The van der Waals surface area contributed by atoms with Crippen LogP contribution in [0.25, 0.3) is 101 Å². The predicted octanol–water partition coefficient (Wildman–Crippen LogP) is 17.2. The zero-order valence-corrected chi connectivity index (χ0v) is 43.1. The molecule has 5 aromatic carbocycles. The van der Waals surface area contributed by atoms with Crippen LogP contribution in [-0.2, 0) is 10.8 Å². The first-order valence-corrected chi connectivity index (χ1v) is 24.9. The molecule has 8 heteroatoms. The van der Waals surface area contributed by atoms with E-state index in [9.17, 15) is 0 Å². The molecule has 0 aliphatic rings. The van der Waals surface area contributed by atoms with Crippen LogP contribution >= 0.6 is 31.9 Å². The van der Waals surface area contributed by atoms with E-state index < -0.39 is 0 Å². The first-order valence-electron chi connectivity index (χ1n) is 23.4. The molecule has 5 heterocycles. The van der Waals surface area contributed by atoms with Crippen LogP contribution in [0.2, 0.25) is 0 Å². The third kappa shape index (κ3) is 9.67. The number of aromatic nitrogens is 6. The molecule has 0 bridgehead atoms. The Labute approximate surface area is 427 Å². The quantitative estimate of drug-likeness (QED) is 0.143. The Kier molecular flexibility index (Phi) is 12.8. The van der Waals surface area contributed by atoms with Gasteiger partial charge in [-0.05, 0) is 128 Å². The zero-order chi connectivity index (χ0) is 48.6. The van der Waals surface area contributed by atoms with Crippen molar-refractivity contribution in [2.75, 3.05) is 0 Å². The third-order valence-electron chi connectivity index (χ3n) is 12.7. The van der Waals surface area contributed by atoms with Crippen LogP contribution in [0, 0.1) is 0 Å². The molecule has 10 aromatic rings. The molecule has 0 saturated heterocycles. The Balaban J connectivity index is 1.12. The Morgan fingerprint density at radius 1 is 0.300 bits per heavy atom. The molecule has 0 N–H and O–H groups in total. The van der Waals surface area contributed by atoms with E-state index in [1.54, 1.807) is 12.4 Å². The molecule has 70 heavy (non-hydrogen) atoms. The minimum absolute atomic E-state index is 0.00257. The van der Waals surface area contributed by atoms with E-state index in [-0.39, 0.29) is 10.8 Å². The number of pyridine rings is 4. The van der Waals surface area contributed by atoms with Crippen molar-refractivity contribution < 1.29 is 0 Å². The summed E-state index contributed by atoms with van der Waals surface area (Å²) in [6, 6.07) is 55.6. The maximum atomic E-state index is 5.09. The lowest BCUT2D eigenvalue weighted by Crippen LogP contribution is -2.11. The highest BCUT2D eigenvalue weighted by Gasteiger charge is 2.21. The van der Waals surface area contributed by atoms with E-state index in [0.717, 1.165) is 104 Å². The van der Waals surface area contributed by atoms with Crippen molar-refractivity contribution in [3.63, 3.8) is 0 Å². The number of hydrogen-bond acceptors (Lipinski definition) is 6. The van der Waals surface area contributed by atoms with Gasteiger partial charge in [0.2, 0.25) is 0 Å². The van der Waals surface area contributed by atoms with Gasteiger partial charge in [0.15, 0.2) is 5.82 Å². The SMILES string of the molecule is CC(C)(C)c1ccnc(-c2ccc(-c3ncccc3-c3cc(-c4ccccc4-c4ccc(-c5ncccn5)cc4)cc(-c4cccnc4-c4ccc(-c5cc(C(C)(C)C)ccn5)cc4Br)c3)c(Br)c2)c1. The van der Waals surface area contributed by atoms with Crippen LogP contribution in [0.3, 0.4) is 0 Å². The summed E-state index contributed by atoms with van der Waals surface area (Å²) in [5.74, 6) is 0.694. The summed E-state index contributed by atoms with van der Waals surface area (Å²) in [6.07, 6.45) is 11.1. The zero-order valence-electron chi connectivity index (χ0n) is 39.9. The predicted molar refractivity (Wildman–Crippen MR) is 295 cm³/mol. The lowest BCUT2D eigenvalue weighted by molar-refractivity contribution is 0.589. The van der Waals surface area contributed by atoms with Crippen molar-refractivity contribution in [2.24, 2.45) is 0 Å². The standard InChI is InChI=1S/C62H50Br2N6/c1-61(2,3)46-24-30-65-56(37-46)41-20-22-52(54(63)35-41)58-50(14-9-26-67-58)44-32-43(49-13-8-7-12-48(49)39-16-18-40(19-17-39)60-69-28-11-29-70-60)33-45(34-44)51-15-10-27-68-59(51)53-23-21-42(36-55(53)64)57-38-47(25-31-66-57)62(4,5)6/h7-38H,1-6H3. The molecule has 0 unspecified atom stereocenters. The molecular formula is C62H50Br2N6. The van der Waals surface area contributed by atoms with Gasteiger partial charge in [0.05, 0.1) is 22.8 Å². The summed E-state index contributed by atoms with van der Waals surface area (Å²) >= 11 is 7.97. The number of halogens is 2. The molecule has 0 aliphatic heterocycles. The average Bonchev–Trinajstić information content (AvgIpc) is 3.38. The lowest BCUT2D eigenvalue weighted by atomic mass is 9.86. The van der Waals surface area contributed by atoms with E-state index in [0.29, 0.717) is 5.82 Å². The third-order valence-corrected chi connectivity index (χ3v) is 14.0. The van der Waals surface area contributed by atoms with Gasteiger partial charge in [-0.25, -0.2) is 9.97 Å². The first-order chi connectivity index (χ1) is 33.8. The number of hydrogen-bond donors (Lipinski definition) is 0. The molecule has 0 saturated carbocycles. The minimum atomic E-state index is 0.00257. The number of nitrogens with zero attached hydrogens (tertiary/aromatic N) is 6. The van der Waals surface area contributed by atoms with Crippen molar-refractivity contribution in [3.05, 3.63) is 215 Å². The number of benzene rings is 5. The van der Waals surface area contributed by atoms with Crippen LogP contribution in [0.5, 0.6) is 0 Å². The molecule has 0 spiro atoms. The van der Waals surface area contributed by atoms with Crippen LogP contribution < -0.4 is 0 Å². The highest BCUT2D eigenvalue weighted by Crippen LogP contribution is 2.44. The topological polar surface area (TPSA) is 77.3 Å². The smallest absolute Gasteiger partial charge is 0.159 e. The van der Waals surface area contributed by atoms with Crippen molar-refractivity contribution in [3.8, 4) is 101 Å². The maximum Gasteiger partial charge on any atom is 0.159 e. The molecule has 0 amide bonds. The minimum Gasteiger partial charge on any atom is -0.256 e. The molecule has 5 aromatic heterocycles. The van der Waals surface area contributed by atoms with Gasteiger partial charge in [-0.1, -0.05) is 158 Å². The van der Waals surface area contributed by atoms with Crippen LogP contribution in [0.4, 0.5) is 0 Å². The molecule has 0 fully saturated rings. The lowest BCUT2D eigenvalue weighted by Gasteiger charge is -2.20. The second-order valence-corrected chi connectivity index (χ2v) is 21.3. The summed E-state index contributed by atoms with van der Waals surface area (Å²) in [7, 11) is 0. The summed E-state index contributed by atoms with van der Waals surface area (Å²) in [6.45, 7) is 13.4. The van der Waals surface area contributed by atoms with Gasteiger partial charge in [0.1, 0.15) is 0 Å². The van der Waals surface area contributed by atoms with Gasteiger partial charge in [-0.3, -0.25) is 19.9 Å². The van der Waals surface area contributed by atoms with E-state index in [4.69, 9.17) is 19.9 Å². The Morgan fingerprint density at radius 3 is 1.16 bits per heavy atom. The van der Waals surface area contributed by atoms with Gasteiger partial charge < -0.3 is 0 Å². The van der Waals surface area contributed by atoms with Gasteiger partial charge in [0, 0.05) is 85.1 Å². The van der Waals surface area contributed by atoms with E-state index in [2.05, 4.69) is 223 Å². The van der Waals surface area contributed by atoms with Crippen LogP contribution in [0.1, 0.15) is 52.7 Å². The van der Waals surface area contributed by atoms with Gasteiger partial charge in [-0.15, -0.1) is 0 Å². The van der Waals surface area contributed by atoms with Crippen molar-refractivity contribution in [1.82, 2.24) is 29.9 Å². The highest BCUT2D eigenvalue weighted by molar-refractivity contribution is 9.11. The molecule has 6 nitrogen and oxygen atoms in total.